The number of benzene rings is 2. The first-order chi connectivity index (χ1) is 9.58. The third-order valence-corrected chi connectivity index (χ3v) is 3.03. The van der Waals surface area contributed by atoms with Crippen molar-refractivity contribution < 1.29 is 14.7 Å². The molecule has 5 heteroatoms. The van der Waals surface area contributed by atoms with Crippen molar-refractivity contribution in [2.45, 2.75) is 6.42 Å². The number of amides is 1. The largest absolute Gasteiger partial charge is 0.478 e. The Morgan fingerprint density at radius 2 is 1.75 bits per heavy atom. The van der Waals surface area contributed by atoms with Crippen molar-refractivity contribution in [2.24, 2.45) is 0 Å². The zero-order valence-corrected chi connectivity index (χ0v) is 11.2. The zero-order valence-electron chi connectivity index (χ0n) is 10.5. The molecule has 102 valence electrons. The number of anilines is 1. The molecule has 0 aliphatic rings. The highest BCUT2D eigenvalue weighted by molar-refractivity contribution is 6.34. The molecule has 0 atom stereocenters. The van der Waals surface area contributed by atoms with Crippen molar-refractivity contribution in [3.63, 3.8) is 0 Å². The Balaban J connectivity index is 2.18. The summed E-state index contributed by atoms with van der Waals surface area (Å²) in [5.41, 5.74) is 0.940. The Morgan fingerprint density at radius 1 is 1.05 bits per heavy atom. The van der Waals surface area contributed by atoms with Crippen LogP contribution in [0.4, 0.5) is 5.69 Å². The van der Waals surface area contributed by atoms with Gasteiger partial charge in [-0.3, -0.25) is 4.79 Å². The summed E-state index contributed by atoms with van der Waals surface area (Å²) in [6, 6.07) is 13.6. The average molecular weight is 290 g/mol. The average Bonchev–Trinajstić information content (AvgIpc) is 2.42. The first-order valence-corrected chi connectivity index (χ1v) is 6.31. The molecular weight excluding hydrogens is 278 g/mol. The topological polar surface area (TPSA) is 66.4 Å². The molecule has 0 saturated heterocycles. The van der Waals surface area contributed by atoms with Crippen LogP contribution in [0.2, 0.25) is 5.02 Å². The molecule has 0 radical (unpaired) electrons. The molecule has 0 aliphatic heterocycles. The van der Waals surface area contributed by atoms with Gasteiger partial charge in [-0.05, 0) is 17.7 Å². The van der Waals surface area contributed by atoms with E-state index >= 15 is 0 Å². The zero-order chi connectivity index (χ0) is 14.5. The molecule has 2 N–H and O–H groups in total. The maximum atomic E-state index is 11.9. The van der Waals surface area contributed by atoms with Gasteiger partial charge in [0.15, 0.2) is 0 Å². The van der Waals surface area contributed by atoms with E-state index in [-0.39, 0.29) is 28.6 Å². The van der Waals surface area contributed by atoms with Crippen molar-refractivity contribution in [3.05, 3.63) is 64.7 Å². The van der Waals surface area contributed by atoms with E-state index in [9.17, 15) is 9.59 Å². The van der Waals surface area contributed by atoms with Crippen molar-refractivity contribution >= 4 is 29.2 Å². The first-order valence-electron chi connectivity index (χ1n) is 5.93. The van der Waals surface area contributed by atoms with Crippen molar-refractivity contribution in [2.75, 3.05) is 5.32 Å². The molecule has 0 heterocycles. The summed E-state index contributed by atoms with van der Waals surface area (Å²) in [7, 11) is 0. The first kappa shape index (κ1) is 14.1. The van der Waals surface area contributed by atoms with Crippen molar-refractivity contribution in [1.29, 1.82) is 0 Å². The standard InChI is InChI=1S/C15H12ClNO3/c16-12-8-4-7-11(15(19)20)14(12)17-13(18)9-10-5-2-1-3-6-10/h1-8H,9H2,(H,17,18)(H,19,20). The van der Waals surface area contributed by atoms with Gasteiger partial charge in [-0.1, -0.05) is 48.0 Å². The summed E-state index contributed by atoms with van der Waals surface area (Å²) >= 11 is 5.94. The Hall–Kier alpha value is -2.33. The molecule has 0 aliphatic carbocycles. The fourth-order valence-electron chi connectivity index (χ4n) is 1.79. The van der Waals surface area contributed by atoms with Crippen LogP contribution >= 0.6 is 11.6 Å². The molecular formula is C15H12ClNO3. The quantitative estimate of drug-likeness (QED) is 0.908. The summed E-state index contributed by atoms with van der Waals surface area (Å²) in [4.78, 5) is 23.1. The highest BCUT2D eigenvalue weighted by atomic mass is 35.5. The number of carboxylic acids is 1. The number of para-hydroxylation sites is 1. The second-order valence-electron chi connectivity index (χ2n) is 4.18. The normalized spacial score (nSPS) is 10.1. The highest BCUT2D eigenvalue weighted by Gasteiger charge is 2.15. The monoisotopic (exact) mass is 289 g/mol. The number of aromatic carboxylic acids is 1. The molecule has 0 aromatic heterocycles. The lowest BCUT2D eigenvalue weighted by Gasteiger charge is -2.10. The number of carbonyl (C=O) groups excluding carboxylic acids is 1. The van der Waals surface area contributed by atoms with E-state index < -0.39 is 5.97 Å². The molecule has 0 saturated carbocycles. The van der Waals surface area contributed by atoms with Crippen LogP contribution in [0.5, 0.6) is 0 Å². The summed E-state index contributed by atoms with van der Waals surface area (Å²) in [5.74, 6) is -1.45. The molecule has 0 unspecified atom stereocenters. The summed E-state index contributed by atoms with van der Waals surface area (Å²) < 4.78 is 0. The van der Waals surface area contributed by atoms with Crippen LogP contribution in [0.1, 0.15) is 15.9 Å². The van der Waals surface area contributed by atoms with Crippen LogP contribution < -0.4 is 5.32 Å². The smallest absolute Gasteiger partial charge is 0.337 e. The van der Waals surface area contributed by atoms with E-state index in [1.54, 1.807) is 0 Å². The minimum Gasteiger partial charge on any atom is -0.478 e. The van der Waals surface area contributed by atoms with Gasteiger partial charge < -0.3 is 10.4 Å². The van der Waals surface area contributed by atoms with Gasteiger partial charge in [-0.2, -0.15) is 0 Å². The molecule has 20 heavy (non-hydrogen) atoms. The molecule has 2 rings (SSSR count). The van der Waals surface area contributed by atoms with Crippen molar-refractivity contribution in [1.82, 2.24) is 0 Å². The lowest BCUT2D eigenvalue weighted by atomic mass is 10.1. The van der Waals surface area contributed by atoms with E-state index in [0.717, 1.165) is 5.56 Å². The molecule has 0 fully saturated rings. The van der Waals surface area contributed by atoms with E-state index in [0.29, 0.717) is 0 Å². The summed E-state index contributed by atoms with van der Waals surface area (Å²) in [6.07, 6.45) is 0.158. The molecule has 1 amide bonds. The van der Waals surface area contributed by atoms with Gasteiger partial charge in [0.2, 0.25) is 5.91 Å². The third kappa shape index (κ3) is 3.36. The van der Waals surface area contributed by atoms with Crippen LogP contribution in [0.3, 0.4) is 0 Å². The number of carbonyl (C=O) groups is 2. The number of nitrogens with one attached hydrogen (secondary N) is 1. The number of rotatable bonds is 4. The molecule has 2 aromatic carbocycles. The number of hydrogen-bond acceptors (Lipinski definition) is 2. The maximum absolute atomic E-state index is 11.9. The molecule has 4 nitrogen and oxygen atoms in total. The fraction of sp³-hybridized carbons (Fsp3) is 0.0667. The van der Waals surface area contributed by atoms with E-state index in [4.69, 9.17) is 16.7 Å². The second-order valence-corrected chi connectivity index (χ2v) is 4.59. The fourth-order valence-corrected chi connectivity index (χ4v) is 2.02. The van der Waals surface area contributed by atoms with Gasteiger partial charge in [-0.25, -0.2) is 4.79 Å². The van der Waals surface area contributed by atoms with Gasteiger partial charge in [0.05, 0.1) is 22.7 Å². The van der Waals surface area contributed by atoms with Gasteiger partial charge in [-0.15, -0.1) is 0 Å². The van der Waals surface area contributed by atoms with Crippen molar-refractivity contribution in [3.8, 4) is 0 Å². The third-order valence-electron chi connectivity index (χ3n) is 2.72. The Bertz CT molecular complexity index is 641. The Kier molecular flexibility index (Phi) is 4.38. The highest BCUT2D eigenvalue weighted by Crippen LogP contribution is 2.26. The van der Waals surface area contributed by atoms with E-state index in [2.05, 4.69) is 5.32 Å². The SMILES string of the molecule is O=C(Cc1ccccc1)Nc1c(Cl)cccc1C(=O)O. The lowest BCUT2D eigenvalue weighted by molar-refractivity contribution is -0.115. The summed E-state index contributed by atoms with van der Waals surface area (Å²) in [5, 5.41) is 11.8. The maximum Gasteiger partial charge on any atom is 0.337 e. The van der Waals surface area contributed by atoms with Crippen LogP contribution in [-0.4, -0.2) is 17.0 Å². The Morgan fingerprint density at radius 3 is 2.40 bits per heavy atom. The van der Waals surface area contributed by atoms with Gasteiger partial charge in [0.25, 0.3) is 0 Å². The predicted octanol–water partition coefficient (Wildman–Crippen LogP) is 3.22. The molecule has 0 spiro atoms. The number of halogens is 1. The van der Waals surface area contributed by atoms with Crippen LogP contribution in [0.25, 0.3) is 0 Å². The molecule has 2 aromatic rings. The minimum absolute atomic E-state index is 0.0288. The van der Waals surface area contributed by atoms with Gasteiger partial charge in [0, 0.05) is 0 Å². The van der Waals surface area contributed by atoms with Crippen LogP contribution in [-0.2, 0) is 11.2 Å². The van der Waals surface area contributed by atoms with E-state index in [1.165, 1.54) is 18.2 Å². The number of hydrogen-bond donors (Lipinski definition) is 2. The van der Waals surface area contributed by atoms with E-state index in [1.807, 2.05) is 30.3 Å². The van der Waals surface area contributed by atoms with Crippen LogP contribution in [0, 0.1) is 0 Å². The van der Waals surface area contributed by atoms with Gasteiger partial charge in [0.1, 0.15) is 0 Å². The molecule has 0 bridgehead atoms. The Labute approximate surface area is 121 Å². The number of carboxylic acid groups (broad SMARTS) is 1. The van der Waals surface area contributed by atoms with Gasteiger partial charge >= 0.3 is 5.97 Å². The predicted molar refractivity (Wildman–Crippen MR) is 77.2 cm³/mol. The minimum atomic E-state index is -1.14. The summed E-state index contributed by atoms with van der Waals surface area (Å²) in [6.45, 7) is 0. The van der Waals surface area contributed by atoms with Crippen LogP contribution in [0.15, 0.2) is 48.5 Å². The second kappa shape index (κ2) is 6.21. The lowest BCUT2D eigenvalue weighted by Crippen LogP contribution is -2.17.